The van der Waals surface area contributed by atoms with Gasteiger partial charge in [0.05, 0.1) is 17.6 Å². The standard InChI is InChI=1S/C28H32F3N7O/c1-16(2)38-17(3)15-39-26-20(29)12-18(13-23(26)38)25-21(30)14-32-28(35-25)34-24-7-6-22(27(31)33-24)37-10-8-19(9-11-37)36(4)5/h6-7,12-14,16,19H,3,8-11,15H2,1-2,4-5H3,(H,32,33,34,35). The van der Waals surface area contributed by atoms with E-state index in [0.29, 0.717) is 23.1 Å². The van der Waals surface area contributed by atoms with Gasteiger partial charge < -0.3 is 24.8 Å². The molecule has 0 spiro atoms. The van der Waals surface area contributed by atoms with Crippen LogP contribution < -0.4 is 19.9 Å². The van der Waals surface area contributed by atoms with Crippen molar-refractivity contribution in [3.63, 3.8) is 0 Å². The topological polar surface area (TPSA) is 69.6 Å². The maximum absolute atomic E-state index is 15.0. The number of hydrogen-bond donors (Lipinski definition) is 1. The highest BCUT2D eigenvalue weighted by molar-refractivity contribution is 5.75. The fraction of sp³-hybridized carbons (Fsp3) is 0.393. The highest BCUT2D eigenvalue weighted by Gasteiger charge is 2.28. The lowest BCUT2D eigenvalue weighted by molar-refractivity contribution is 0.249. The largest absolute Gasteiger partial charge is 0.482 e. The van der Waals surface area contributed by atoms with Gasteiger partial charge in [-0.1, -0.05) is 6.58 Å². The van der Waals surface area contributed by atoms with E-state index in [0.717, 1.165) is 32.1 Å². The quantitative estimate of drug-likeness (QED) is 0.421. The van der Waals surface area contributed by atoms with E-state index in [-0.39, 0.29) is 41.4 Å². The third-order valence-electron chi connectivity index (χ3n) is 7.15. The minimum Gasteiger partial charge on any atom is -0.482 e. The Morgan fingerprint density at radius 3 is 2.46 bits per heavy atom. The molecule has 8 nitrogen and oxygen atoms in total. The van der Waals surface area contributed by atoms with E-state index >= 15 is 4.39 Å². The van der Waals surface area contributed by atoms with Gasteiger partial charge in [-0.05, 0) is 65.0 Å². The van der Waals surface area contributed by atoms with Crippen molar-refractivity contribution in [3.8, 4) is 17.0 Å². The van der Waals surface area contributed by atoms with Crippen LogP contribution in [-0.4, -0.2) is 65.7 Å². The van der Waals surface area contributed by atoms with E-state index in [1.807, 2.05) is 23.6 Å². The molecule has 1 fully saturated rings. The maximum Gasteiger partial charge on any atom is 0.238 e. The SMILES string of the molecule is C=C1COc2c(F)cc(-c3nc(Nc4ccc(N5CCC(N(C)C)CC5)c(F)n4)ncc3F)cc2N1C(C)C. The Kier molecular flexibility index (Phi) is 7.35. The number of ether oxygens (including phenoxy) is 1. The number of aromatic nitrogens is 3. The first-order valence-electron chi connectivity index (χ1n) is 12.9. The second-order valence-corrected chi connectivity index (χ2v) is 10.3. The van der Waals surface area contributed by atoms with Crippen molar-refractivity contribution in [2.24, 2.45) is 0 Å². The molecule has 0 bridgehead atoms. The molecule has 0 radical (unpaired) electrons. The summed E-state index contributed by atoms with van der Waals surface area (Å²) in [5, 5.41) is 2.84. The molecule has 1 N–H and O–H groups in total. The van der Waals surface area contributed by atoms with Gasteiger partial charge in [-0.2, -0.15) is 4.39 Å². The van der Waals surface area contributed by atoms with Crippen molar-refractivity contribution in [3.05, 3.63) is 60.3 Å². The molecule has 1 saturated heterocycles. The van der Waals surface area contributed by atoms with Gasteiger partial charge in [0.15, 0.2) is 17.4 Å². The molecule has 0 aliphatic carbocycles. The number of nitrogens with zero attached hydrogens (tertiary/aromatic N) is 6. The van der Waals surface area contributed by atoms with Crippen molar-refractivity contribution < 1.29 is 17.9 Å². The summed E-state index contributed by atoms with van der Waals surface area (Å²) in [6.45, 7) is 9.54. The zero-order valence-corrected chi connectivity index (χ0v) is 22.5. The Labute approximate surface area is 226 Å². The zero-order valence-electron chi connectivity index (χ0n) is 22.5. The summed E-state index contributed by atoms with van der Waals surface area (Å²) in [7, 11) is 4.11. The maximum atomic E-state index is 15.0. The van der Waals surface area contributed by atoms with E-state index in [1.54, 1.807) is 18.2 Å². The summed E-state index contributed by atoms with van der Waals surface area (Å²) < 4.78 is 50.4. The van der Waals surface area contributed by atoms with Gasteiger partial charge in [-0.3, -0.25) is 0 Å². The van der Waals surface area contributed by atoms with Crippen molar-refractivity contribution in [1.29, 1.82) is 0 Å². The lowest BCUT2D eigenvalue weighted by Crippen LogP contribution is -2.42. The summed E-state index contributed by atoms with van der Waals surface area (Å²) in [6.07, 6.45) is 2.87. The number of hydrogen-bond acceptors (Lipinski definition) is 8. The van der Waals surface area contributed by atoms with Crippen LogP contribution in [0.25, 0.3) is 11.3 Å². The van der Waals surface area contributed by atoms with Gasteiger partial charge in [0.25, 0.3) is 0 Å². The van der Waals surface area contributed by atoms with Gasteiger partial charge in [-0.15, -0.1) is 0 Å². The lowest BCUT2D eigenvalue weighted by Gasteiger charge is -2.36. The van der Waals surface area contributed by atoms with Crippen molar-refractivity contribution >= 4 is 23.1 Å². The monoisotopic (exact) mass is 539 g/mol. The Bertz CT molecular complexity index is 1390. The smallest absolute Gasteiger partial charge is 0.238 e. The molecule has 11 heteroatoms. The second-order valence-electron chi connectivity index (χ2n) is 10.3. The van der Waals surface area contributed by atoms with Crippen LogP contribution in [-0.2, 0) is 0 Å². The predicted octanol–water partition coefficient (Wildman–Crippen LogP) is 5.35. The van der Waals surface area contributed by atoms with E-state index < -0.39 is 17.6 Å². The molecule has 0 amide bonds. The number of piperidine rings is 1. The average Bonchev–Trinajstić information content (AvgIpc) is 2.89. The molecular weight excluding hydrogens is 507 g/mol. The highest BCUT2D eigenvalue weighted by atomic mass is 19.1. The van der Waals surface area contributed by atoms with E-state index in [1.165, 1.54) is 6.07 Å². The van der Waals surface area contributed by atoms with Crippen molar-refractivity contribution in [1.82, 2.24) is 19.9 Å². The number of anilines is 4. The predicted molar refractivity (Wildman–Crippen MR) is 146 cm³/mol. The van der Waals surface area contributed by atoms with Crippen LogP contribution >= 0.6 is 0 Å². The summed E-state index contributed by atoms with van der Waals surface area (Å²) in [5.74, 6) is -1.74. The lowest BCUT2D eigenvalue weighted by atomic mass is 10.0. The number of benzene rings is 1. The summed E-state index contributed by atoms with van der Waals surface area (Å²) >= 11 is 0. The molecule has 4 heterocycles. The van der Waals surface area contributed by atoms with E-state index in [2.05, 4.69) is 45.8 Å². The molecule has 1 aromatic carbocycles. The number of halogens is 3. The molecule has 2 aliphatic heterocycles. The van der Waals surface area contributed by atoms with Gasteiger partial charge in [-0.25, -0.2) is 23.7 Å². The number of pyridine rings is 1. The third-order valence-corrected chi connectivity index (χ3v) is 7.15. The van der Waals surface area contributed by atoms with Crippen LogP contribution in [0.1, 0.15) is 26.7 Å². The van der Waals surface area contributed by atoms with Gasteiger partial charge >= 0.3 is 0 Å². The molecule has 0 unspecified atom stereocenters. The van der Waals surface area contributed by atoms with Crippen LogP contribution in [0.2, 0.25) is 0 Å². The van der Waals surface area contributed by atoms with Crippen LogP contribution in [0.4, 0.5) is 36.3 Å². The molecule has 2 aliphatic rings. The first-order chi connectivity index (χ1) is 18.6. The first kappa shape index (κ1) is 26.7. The number of rotatable bonds is 6. The van der Waals surface area contributed by atoms with Crippen LogP contribution in [0.5, 0.6) is 5.75 Å². The minimum absolute atomic E-state index is 0.00245. The molecular formula is C28H32F3N7O. The van der Waals surface area contributed by atoms with Gasteiger partial charge in [0.2, 0.25) is 11.9 Å². The summed E-state index contributed by atoms with van der Waals surface area (Å²) in [5.41, 5.74) is 1.63. The van der Waals surface area contributed by atoms with Crippen LogP contribution in [0.15, 0.2) is 42.7 Å². The average molecular weight is 540 g/mol. The van der Waals surface area contributed by atoms with E-state index in [4.69, 9.17) is 4.74 Å². The Morgan fingerprint density at radius 1 is 1.05 bits per heavy atom. The van der Waals surface area contributed by atoms with E-state index in [9.17, 15) is 8.78 Å². The van der Waals surface area contributed by atoms with Crippen LogP contribution in [0.3, 0.4) is 0 Å². The normalized spacial score (nSPS) is 16.1. The second kappa shape index (κ2) is 10.7. The van der Waals surface area contributed by atoms with Gasteiger partial charge in [0.1, 0.15) is 18.1 Å². The number of nitrogens with one attached hydrogen (secondary N) is 1. The Balaban J connectivity index is 1.39. The molecule has 2 aromatic heterocycles. The Morgan fingerprint density at radius 2 is 1.79 bits per heavy atom. The molecule has 3 aromatic rings. The van der Waals surface area contributed by atoms with Crippen LogP contribution in [0, 0.1) is 17.6 Å². The van der Waals surface area contributed by atoms with Crippen molar-refractivity contribution in [2.75, 3.05) is 48.9 Å². The number of fused-ring (bicyclic) bond motifs is 1. The highest BCUT2D eigenvalue weighted by Crippen LogP contribution is 2.41. The third kappa shape index (κ3) is 5.36. The minimum atomic E-state index is -0.734. The fourth-order valence-electron chi connectivity index (χ4n) is 5.18. The molecule has 0 saturated carbocycles. The Hall–Kier alpha value is -3.86. The molecule has 0 atom stereocenters. The molecule has 39 heavy (non-hydrogen) atoms. The fourth-order valence-corrected chi connectivity index (χ4v) is 5.18. The first-order valence-corrected chi connectivity index (χ1v) is 12.9. The zero-order chi connectivity index (χ0) is 27.8. The van der Waals surface area contributed by atoms with Crippen molar-refractivity contribution in [2.45, 2.75) is 38.8 Å². The van der Waals surface area contributed by atoms with Gasteiger partial charge in [0, 0.05) is 36.4 Å². The summed E-state index contributed by atoms with van der Waals surface area (Å²) in [6, 6.07) is 6.54. The molecule has 5 rings (SSSR count). The summed E-state index contributed by atoms with van der Waals surface area (Å²) in [4.78, 5) is 18.3. The molecule has 206 valence electrons.